The van der Waals surface area contributed by atoms with E-state index in [4.69, 9.17) is 4.74 Å². The zero-order chi connectivity index (χ0) is 9.03. The van der Waals surface area contributed by atoms with Crippen LogP contribution in [-0.4, -0.2) is 36.5 Å². The Bertz CT molecular complexity index is 125. The molecule has 1 aliphatic rings. The van der Waals surface area contributed by atoms with E-state index in [0.29, 0.717) is 12.6 Å². The highest BCUT2D eigenvalue weighted by atomic mass is 16.5. The Balaban J connectivity index is 2.02. The number of rotatable bonds is 4. The van der Waals surface area contributed by atoms with Gasteiger partial charge in [0.2, 0.25) is 0 Å². The maximum atomic E-state index is 9.35. The van der Waals surface area contributed by atoms with Gasteiger partial charge in [0, 0.05) is 6.04 Å². The molecule has 0 radical (unpaired) electrons. The Morgan fingerprint density at radius 2 is 2.33 bits per heavy atom. The summed E-state index contributed by atoms with van der Waals surface area (Å²) in [5, 5.41) is 12.7. The third-order valence-corrected chi connectivity index (χ3v) is 1.94. The lowest BCUT2D eigenvalue weighted by Crippen LogP contribution is -2.32. The molecule has 1 rings (SSSR count). The molecule has 1 heterocycles. The highest BCUT2D eigenvalue weighted by Gasteiger charge is 2.17. The fourth-order valence-electron chi connectivity index (χ4n) is 1.35. The second kappa shape index (κ2) is 4.21. The zero-order valence-electron chi connectivity index (χ0n) is 7.97. The van der Waals surface area contributed by atoms with E-state index in [1.807, 2.05) is 0 Å². The van der Waals surface area contributed by atoms with E-state index in [9.17, 15) is 5.11 Å². The minimum atomic E-state index is -0.696. The van der Waals surface area contributed by atoms with Gasteiger partial charge in [-0.1, -0.05) is 0 Å². The smallest absolute Gasteiger partial charge is 0.0824 e. The first kappa shape index (κ1) is 9.96. The van der Waals surface area contributed by atoms with Crippen molar-refractivity contribution in [1.29, 1.82) is 0 Å². The zero-order valence-corrected chi connectivity index (χ0v) is 7.97. The third kappa shape index (κ3) is 4.04. The van der Waals surface area contributed by atoms with Crippen LogP contribution in [0.4, 0.5) is 0 Å². The highest BCUT2D eigenvalue weighted by Crippen LogP contribution is 2.07. The molecule has 1 unspecified atom stereocenters. The summed E-state index contributed by atoms with van der Waals surface area (Å²) in [7, 11) is 0. The number of hydrogen-bond donors (Lipinski definition) is 2. The first-order chi connectivity index (χ1) is 5.58. The van der Waals surface area contributed by atoms with Gasteiger partial charge in [-0.2, -0.15) is 0 Å². The SMILES string of the molecule is CC(C)(O)COCC1CCCN1. The van der Waals surface area contributed by atoms with Gasteiger partial charge in [-0.05, 0) is 33.2 Å². The lowest BCUT2D eigenvalue weighted by Gasteiger charge is -2.18. The average Bonchev–Trinajstić information content (AvgIpc) is 2.36. The molecule has 1 aliphatic heterocycles. The second-order valence-corrected chi connectivity index (χ2v) is 4.12. The molecule has 3 nitrogen and oxygen atoms in total. The number of hydrogen-bond acceptors (Lipinski definition) is 3. The van der Waals surface area contributed by atoms with Crippen LogP contribution in [0.1, 0.15) is 26.7 Å². The topological polar surface area (TPSA) is 41.5 Å². The molecule has 0 aromatic rings. The molecule has 0 saturated carbocycles. The van der Waals surface area contributed by atoms with E-state index in [2.05, 4.69) is 5.32 Å². The van der Waals surface area contributed by atoms with Crippen LogP contribution in [0.5, 0.6) is 0 Å². The lowest BCUT2D eigenvalue weighted by atomic mass is 10.2. The highest BCUT2D eigenvalue weighted by molar-refractivity contribution is 4.74. The van der Waals surface area contributed by atoms with E-state index in [1.54, 1.807) is 13.8 Å². The quantitative estimate of drug-likeness (QED) is 0.651. The Hall–Kier alpha value is -0.120. The first-order valence-corrected chi connectivity index (χ1v) is 4.61. The van der Waals surface area contributed by atoms with Crippen LogP contribution in [0.3, 0.4) is 0 Å². The Kier molecular flexibility index (Phi) is 3.50. The summed E-state index contributed by atoms with van der Waals surface area (Å²) >= 11 is 0. The van der Waals surface area contributed by atoms with Crippen LogP contribution in [0.15, 0.2) is 0 Å². The molecule has 1 fully saturated rings. The summed E-state index contributed by atoms with van der Waals surface area (Å²) in [6, 6.07) is 0.507. The molecule has 12 heavy (non-hydrogen) atoms. The third-order valence-electron chi connectivity index (χ3n) is 1.94. The molecular formula is C9H19NO2. The van der Waals surface area contributed by atoms with Crippen LogP contribution >= 0.6 is 0 Å². The van der Waals surface area contributed by atoms with Crippen molar-refractivity contribution in [3.05, 3.63) is 0 Å². The van der Waals surface area contributed by atoms with Gasteiger partial charge in [-0.25, -0.2) is 0 Å². The molecular weight excluding hydrogens is 154 g/mol. The second-order valence-electron chi connectivity index (χ2n) is 4.12. The molecule has 0 aromatic heterocycles. The van der Waals surface area contributed by atoms with Gasteiger partial charge in [-0.15, -0.1) is 0 Å². The van der Waals surface area contributed by atoms with Crippen LogP contribution in [0.2, 0.25) is 0 Å². The molecule has 0 aromatic carbocycles. The summed E-state index contributed by atoms with van der Waals surface area (Å²) in [4.78, 5) is 0. The standard InChI is InChI=1S/C9H19NO2/c1-9(2,11)7-12-6-8-4-3-5-10-8/h8,10-11H,3-7H2,1-2H3. The van der Waals surface area contributed by atoms with Gasteiger partial charge < -0.3 is 15.2 Å². The van der Waals surface area contributed by atoms with Crippen molar-refractivity contribution in [3.63, 3.8) is 0 Å². The molecule has 0 amide bonds. The maximum Gasteiger partial charge on any atom is 0.0824 e. The van der Waals surface area contributed by atoms with Gasteiger partial charge in [-0.3, -0.25) is 0 Å². The molecule has 0 bridgehead atoms. The van der Waals surface area contributed by atoms with E-state index in [0.717, 1.165) is 13.2 Å². The van der Waals surface area contributed by atoms with Crippen molar-refractivity contribution in [2.45, 2.75) is 38.3 Å². The molecule has 1 atom stereocenters. The predicted octanol–water partition coefficient (Wildman–Crippen LogP) is 0.526. The van der Waals surface area contributed by atoms with E-state index >= 15 is 0 Å². The Labute approximate surface area is 74.1 Å². The summed E-state index contributed by atoms with van der Waals surface area (Å²) in [5.41, 5.74) is -0.696. The lowest BCUT2D eigenvalue weighted by molar-refractivity contribution is -0.0251. The van der Waals surface area contributed by atoms with Crippen LogP contribution in [-0.2, 0) is 4.74 Å². The maximum absolute atomic E-state index is 9.35. The molecule has 1 saturated heterocycles. The van der Waals surface area contributed by atoms with Crippen molar-refractivity contribution in [2.75, 3.05) is 19.8 Å². The van der Waals surface area contributed by atoms with Crippen LogP contribution in [0.25, 0.3) is 0 Å². The van der Waals surface area contributed by atoms with Crippen molar-refractivity contribution >= 4 is 0 Å². The number of ether oxygens (including phenoxy) is 1. The number of aliphatic hydroxyl groups is 1. The Morgan fingerprint density at radius 3 is 2.83 bits per heavy atom. The van der Waals surface area contributed by atoms with Gasteiger partial charge in [0.05, 0.1) is 18.8 Å². The first-order valence-electron chi connectivity index (χ1n) is 4.61. The van der Waals surface area contributed by atoms with Crippen molar-refractivity contribution < 1.29 is 9.84 Å². The van der Waals surface area contributed by atoms with E-state index < -0.39 is 5.60 Å². The predicted molar refractivity (Wildman–Crippen MR) is 48.1 cm³/mol. The summed E-state index contributed by atoms with van der Waals surface area (Å²) in [6.07, 6.45) is 2.45. The molecule has 72 valence electrons. The fourth-order valence-corrected chi connectivity index (χ4v) is 1.35. The normalized spacial score (nSPS) is 24.8. The molecule has 0 aliphatic carbocycles. The minimum Gasteiger partial charge on any atom is -0.388 e. The molecule has 3 heteroatoms. The Morgan fingerprint density at radius 1 is 1.58 bits per heavy atom. The van der Waals surface area contributed by atoms with Crippen LogP contribution < -0.4 is 5.32 Å². The largest absolute Gasteiger partial charge is 0.388 e. The monoisotopic (exact) mass is 173 g/mol. The average molecular weight is 173 g/mol. The van der Waals surface area contributed by atoms with Gasteiger partial charge in [0.25, 0.3) is 0 Å². The van der Waals surface area contributed by atoms with Crippen molar-refractivity contribution in [3.8, 4) is 0 Å². The summed E-state index contributed by atoms with van der Waals surface area (Å²) in [6.45, 7) is 5.77. The molecule has 2 N–H and O–H groups in total. The van der Waals surface area contributed by atoms with Crippen molar-refractivity contribution in [1.82, 2.24) is 5.32 Å². The molecule has 0 spiro atoms. The van der Waals surface area contributed by atoms with Gasteiger partial charge in [0.15, 0.2) is 0 Å². The van der Waals surface area contributed by atoms with Crippen molar-refractivity contribution in [2.24, 2.45) is 0 Å². The minimum absolute atomic E-state index is 0.422. The summed E-state index contributed by atoms with van der Waals surface area (Å²) < 4.78 is 5.37. The number of nitrogens with one attached hydrogen (secondary N) is 1. The van der Waals surface area contributed by atoms with E-state index in [-0.39, 0.29) is 0 Å². The van der Waals surface area contributed by atoms with Gasteiger partial charge in [0.1, 0.15) is 0 Å². The van der Waals surface area contributed by atoms with E-state index in [1.165, 1.54) is 12.8 Å². The van der Waals surface area contributed by atoms with Gasteiger partial charge >= 0.3 is 0 Å². The fraction of sp³-hybridized carbons (Fsp3) is 1.00. The van der Waals surface area contributed by atoms with Crippen LogP contribution in [0, 0.1) is 0 Å². The summed E-state index contributed by atoms with van der Waals surface area (Å²) in [5.74, 6) is 0.